The van der Waals surface area contributed by atoms with E-state index < -0.39 is 0 Å². The second kappa shape index (κ2) is 8.79. The molecule has 0 saturated heterocycles. The maximum Gasteiger partial charge on any atom is 0.330 e. The zero-order valence-electron chi connectivity index (χ0n) is 13.6. The Kier molecular flexibility index (Phi) is 6.42. The van der Waals surface area contributed by atoms with Crippen LogP contribution in [0, 0.1) is 0 Å². The van der Waals surface area contributed by atoms with E-state index in [0.717, 1.165) is 28.9 Å². The van der Waals surface area contributed by atoms with Crippen LogP contribution < -0.4 is 4.74 Å². The van der Waals surface area contributed by atoms with Crippen LogP contribution in [0.4, 0.5) is 0 Å². The molecule has 0 aliphatic rings. The van der Waals surface area contributed by atoms with Gasteiger partial charge in [-0.25, -0.2) is 4.79 Å². The lowest BCUT2D eigenvalue weighted by atomic mass is 10.0. The van der Waals surface area contributed by atoms with Gasteiger partial charge < -0.3 is 9.47 Å². The molecule has 0 unspecified atom stereocenters. The van der Waals surface area contributed by atoms with E-state index in [-0.39, 0.29) is 5.97 Å². The highest BCUT2D eigenvalue weighted by atomic mass is 16.5. The molecular weight excluding hydrogens is 288 g/mol. The molecule has 0 radical (unpaired) electrons. The van der Waals surface area contributed by atoms with E-state index in [0.29, 0.717) is 13.2 Å². The molecule has 23 heavy (non-hydrogen) atoms. The van der Waals surface area contributed by atoms with Gasteiger partial charge in [0.25, 0.3) is 0 Å². The number of rotatable bonds is 7. The predicted octanol–water partition coefficient (Wildman–Crippen LogP) is 4.40. The molecule has 2 aromatic carbocycles. The van der Waals surface area contributed by atoms with Crippen LogP contribution >= 0.6 is 0 Å². The zero-order chi connectivity index (χ0) is 16.5. The van der Waals surface area contributed by atoms with E-state index in [1.807, 2.05) is 48.5 Å². The van der Waals surface area contributed by atoms with Crippen LogP contribution in [0.5, 0.6) is 5.75 Å². The van der Waals surface area contributed by atoms with Crippen LogP contribution in [0.3, 0.4) is 0 Å². The van der Waals surface area contributed by atoms with E-state index in [2.05, 4.69) is 6.92 Å². The van der Waals surface area contributed by atoms with E-state index in [9.17, 15) is 4.79 Å². The van der Waals surface area contributed by atoms with Crippen LogP contribution in [0.25, 0.3) is 6.08 Å². The Balaban J connectivity index is 2.05. The van der Waals surface area contributed by atoms with E-state index in [1.165, 1.54) is 6.08 Å². The van der Waals surface area contributed by atoms with Gasteiger partial charge in [-0.1, -0.05) is 43.3 Å². The molecule has 0 spiro atoms. The third kappa shape index (κ3) is 5.29. The quantitative estimate of drug-likeness (QED) is 0.561. The molecule has 2 aromatic rings. The molecule has 0 amide bonds. The lowest BCUT2D eigenvalue weighted by molar-refractivity contribution is -0.137. The van der Waals surface area contributed by atoms with E-state index in [1.54, 1.807) is 13.0 Å². The van der Waals surface area contributed by atoms with Gasteiger partial charge in [-0.15, -0.1) is 0 Å². The minimum Gasteiger partial charge on any atom is -0.489 e. The van der Waals surface area contributed by atoms with Crippen molar-refractivity contribution in [2.24, 2.45) is 0 Å². The Bertz CT molecular complexity index is 660. The summed E-state index contributed by atoms with van der Waals surface area (Å²) < 4.78 is 10.7. The molecule has 0 saturated carbocycles. The van der Waals surface area contributed by atoms with Crippen LogP contribution in [0.2, 0.25) is 0 Å². The van der Waals surface area contributed by atoms with Crippen LogP contribution in [-0.4, -0.2) is 12.6 Å². The van der Waals surface area contributed by atoms with Gasteiger partial charge in [-0.3, -0.25) is 0 Å². The average molecular weight is 310 g/mol. The third-order valence-electron chi connectivity index (χ3n) is 3.43. The average Bonchev–Trinajstić information content (AvgIpc) is 2.59. The maximum atomic E-state index is 11.4. The normalized spacial score (nSPS) is 10.7. The number of aryl methyl sites for hydroxylation is 1. The van der Waals surface area contributed by atoms with Gasteiger partial charge in [-0.2, -0.15) is 0 Å². The highest BCUT2D eigenvalue weighted by Gasteiger charge is 2.03. The summed E-state index contributed by atoms with van der Waals surface area (Å²) in [6.45, 7) is 4.80. The minimum atomic E-state index is -0.320. The minimum absolute atomic E-state index is 0.320. The molecule has 0 atom stereocenters. The highest BCUT2D eigenvalue weighted by molar-refractivity contribution is 5.87. The Labute approximate surface area is 137 Å². The first-order valence-corrected chi connectivity index (χ1v) is 7.87. The summed E-state index contributed by atoms with van der Waals surface area (Å²) in [5.41, 5.74) is 3.28. The Morgan fingerprint density at radius 3 is 2.57 bits per heavy atom. The lowest BCUT2D eigenvalue weighted by Gasteiger charge is -2.10. The van der Waals surface area contributed by atoms with Gasteiger partial charge in [0, 0.05) is 6.08 Å². The van der Waals surface area contributed by atoms with Crippen LogP contribution in [0.15, 0.2) is 54.6 Å². The number of benzene rings is 2. The summed E-state index contributed by atoms with van der Waals surface area (Å²) in [5, 5.41) is 0. The van der Waals surface area contributed by atoms with Crippen molar-refractivity contribution in [3.05, 3.63) is 71.3 Å². The molecule has 0 fully saturated rings. The van der Waals surface area contributed by atoms with Crippen molar-refractivity contribution in [1.29, 1.82) is 0 Å². The molecular formula is C20H22O3. The fourth-order valence-electron chi connectivity index (χ4n) is 2.23. The maximum absolute atomic E-state index is 11.4. The van der Waals surface area contributed by atoms with Gasteiger partial charge in [0.05, 0.1) is 6.61 Å². The molecule has 0 heterocycles. The summed E-state index contributed by atoms with van der Waals surface area (Å²) in [6.07, 6.45) is 4.12. The number of carbonyl (C=O) groups is 1. The first-order chi connectivity index (χ1) is 11.2. The van der Waals surface area contributed by atoms with Gasteiger partial charge in [-0.05, 0) is 48.2 Å². The number of ether oxygens (including phenoxy) is 2. The Morgan fingerprint density at radius 2 is 1.87 bits per heavy atom. The summed E-state index contributed by atoms with van der Waals surface area (Å²) in [4.78, 5) is 11.4. The zero-order valence-corrected chi connectivity index (χ0v) is 13.6. The van der Waals surface area contributed by atoms with Crippen molar-refractivity contribution in [3.8, 4) is 5.75 Å². The van der Waals surface area contributed by atoms with Crippen molar-refractivity contribution in [1.82, 2.24) is 0 Å². The van der Waals surface area contributed by atoms with E-state index >= 15 is 0 Å². The summed E-state index contributed by atoms with van der Waals surface area (Å²) >= 11 is 0. The smallest absolute Gasteiger partial charge is 0.330 e. The van der Waals surface area contributed by atoms with Gasteiger partial charge in [0.1, 0.15) is 12.4 Å². The summed E-state index contributed by atoms with van der Waals surface area (Å²) in [5.74, 6) is 0.512. The third-order valence-corrected chi connectivity index (χ3v) is 3.43. The molecule has 3 nitrogen and oxygen atoms in total. The van der Waals surface area contributed by atoms with Crippen molar-refractivity contribution in [3.63, 3.8) is 0 Å². The summed E-state index contributed by atoms with van der Waals surface area (Å²) in [6, 6.07) is 16.0. The van der Waals surface area contributed by atoms with Gasteiger partial charge >= 0.3 is 5.97 Å². The fraction of sp³-hybridized carbons (Fsp3) is 0.250. The molecule has 0 aromatic heterocycles. The molecule has 0 aliphatic carbocycles. The highest BCUT2D eigenvalue weighted by Crippen LogP contribution is 2.21. The SMILES string of the molecule is CCOC(=O)C=Cc1ccc(OCc2ccccc2)cc1CC. The number of esters is 1. The number of carbonyl (C=O) groups excluding carboxylic acids is 1. The largest absolute Gasteiger partial charge is 0.489 e. The molecule has 2 rings (SSSR count). The van der Waals surface area contributed by atoms with Gasteiger partial charge in [0.2, 0.25) is 0 Å². The molecule has 120 valence electrons. The molecule has 0 N–H and O–H groups in total. The second-order valence-corrected chi connectivity index (χ2v) is 5.07. The monoisotopic (exact) mass is 310 g/mol. The number of hydrogen-bond acceptors (Lipinski definition) is 3. The Hall–Kier alpha value is -2.55. The lowest BCUT2D eigenvalue weighted by Crippen LogP contribution is -1.99. The van der Waals surface area contributed by atoms with Crippen molar-refractivity contribution < 1.29 is 14.3 Å². The standard InChI is InChI=1S/C20H22O3/c1-3-17-14-19(23-15-16-8-6-5-7-9-16)12-10-18(17)11-13-20(21)22-4-2/h5-14H,3-4,15H2,1-2H3. The Morgan fingerprint density at radius 1 is 1.09 bits per heavy atom. The first kappa shape index (κ1) is 16.8. The summed E-state index contributed by atoms with van der Waals surface area (Å²) in [7, 11) is 0. The van der Waals surface area contributed by atoms with Crippen molar-refractivity contribution >= 4 is 12.0 Å². The van der Waals surface area contributed by atoms with E-state index in [4.69, 9.17) is 9.47 Å². The topological polar surface area (TPSA) is 35.5 Å². The van der Waals surface area contributed by atoms with Gasteiger partial charge in [0.15, 0.2) is 0 Å². The predicted molar refractivity (Wildman–Crippen MR) is 92.3 cm³/mol. The molecule has 0 bridgehead atoms. The van der Waals surface area contributed by atoms with Crippen LogP contribution in [-0.2, 0) is 22.6 Å². The molecule has 3 heteroatoms. The van der Waals surface area contributed by atoms with Crippen molar-refractivity contribution in [2.45, 2.75) is 26.9 Å². The first-order valence-electron chi connectivity index (χ1n) is 7.87. The second-order valence-electron chi connectivity index (χ2n) is 5.07. The molecule has 0 aliphatic heterocycles. The number of hydrogen-bond donors (Lipinski definition) is 0. The fourth-order valence-corrected chi connectivity index (χ4v) is 2.23. The van der Waals surface area contributed by atoms with Crippen molar-refractivity contribution in [2.75, 3.05) is 6.61 Å². The van der Waals surface area contributed by atoms with Crippen LogP contribution in [0.1, 0.15) is 30.5 Å².